The Morgan fingerprint density at radius 2 is 1.81 bits per heavy atom. The summed E-state index contributed by atoms with van der Waals surface area (Å²) in [6.45, 7) is 2.02. The van der Waals surface area contributed by atoms with E-state index in [1.54, 1.807) is 4.68 Å². The van der Waals surface area contributed by atoms with E-state index in [-0.39, 0.29) is 0 Å². The van der Waals surface area contributed by atoms with E-state index in [2.05, 4.69) is 49.4 Å². The van der Waals surface area contributed by atoms with E-state index in [1.165, 1.54) is 0 Å². The predicted octanol–water partition coefficient (Wildman–Crippen LogP) is 4.65. The van der Waals surface area contributed by atoms with Crippen LogP contribution in [0.25, 0.3) is 49.9 Å². The lowest BCUT2D eigenvalue weighted by Crippen LogP contribution is -1.89. The zero-order valence-corrected chi connectivity index (χ0v) is 17.1. The fraction of sp³-hybridized carbons (Fsp3) is 0.0833. The van der Waals surface area contributed by atoms with Gasteiger partial charge >= 0.3 is 0 Å². The molecular formula is C24H19N7. The standard InChI is InChI=1S/C24H19N7/c1-15-19(4-3-6-25-15)17-8-20-21(12-27-24(20)26-10-17)16-5-7-31-23(9-16)22(13-29-31)18-11-28-30(2)14-18/h3-14H,1-2H3,(H,26,27). The fourth-order valence-corrected chi connectivity index (χ4v) is 4.11. The summed E-state index contributed by atoms with van der Waals surface area (Å²) in [4.78, 5) is 12.4. The first-order chi connectivity index (χ1) is 15.2. The van der Waals surface area contributed by atoms with Crippen molar-refractivity contribution in [3.05, 3.63) is 79.4 Å². The highest BCUT2D eigenvalue weighted by atomic mass is 15.2. The molecule has 0 radical (unpaired) electrons. The molecule has 0 fully saturated rings. The van der Waals surface area contributed by atoms with Crippen molar-refractivity contribution in [1.29, 1.82) is 0 Å². The monoisotopic (exact) mass is 405 g/mol. The SMILES string of the molecule is Cc1ncccc1-c1cnc2[nH]cc(-c3ccn4ncc(-c5cnn(C)c5)c4c3)c2c1. The number of pyridine rings is 3. The van der Waals surface area contributed by atoms with Gasteiger partial charge in [-0.2, -0.15) is 10.2 Å². The van der Waals surface area contributed by atoms with Crippen molar-refractivity contribution in [2.45, 2.75) is 6.92 Å². The second kappa shape index (κ2) is 6.63. The molecule has 6 heterocycles. The molecule has 0 bridgehead atoms. The highest BCUT2D eigenvalue weighted by molar-refractivity contribution is 5.97. The molecule has 1 N–H and O–H groups in total. The van der Waals surface area contributed by atoms with E-state index in [0.717, 1.165) is 55.6 Å². The molecule has 0 amide bonds. The maximum absolute atomic E-state index is 4.65. The maximum atomic E-state index is 4.65. The van der Waals surface area contributed by atoms with Crippen molar-refractivity contribution < 1.29 is 0 Å². The molecule has 150 valence electrons. The van der Waals surface area contributed by atoms with Crippen LogP contribution in [0.3, 0.4) is 0 Å². The number of aromatic amines is 1. The molecule has 0 unspecified atom stereocenters. The highest BCUT2D eigenvalue weighted by Gasteiger charge is 2.13. The Labute approximate surface area is 178 Å². The molecule has 0 aliphatic heterocycles. The van der Waals surface area contributed by atoms with Gasteiger partial charge in [0, 0.05) is 76.9 Å². The number of aromatic nitrogens is 7. The zero-order valence-electron chi connectivity index (χ0n) is 17.1. The third-order valence-electron chi connectivity index (χ3n) is 5.70. The van der Waals surface area contributed by atoms with Crippen molar-refractivity contribution in [2.24, 2.45) is 7.05 Å². The average Bonchev–Trinajstić information content (AvgIpc) is 3.50. The molecule has 6 aromatic heterocycles. The van der Waals surface area contributed by atoms with Crippen LogP contribution in [0.2, 0.25) is 0 Å². The molecule has 0 aliphatic carbocycles. The number of H-pyrrole nitrogens is 1. The van der Waals surface area contributed by atoms with Crippen molar-refractivity contribution in [2.75, 3.05) is 0 Å². The van der Waals surface area contributed by atoms with Crippen LogP contribution in [0, 0.1) is 6.92 Å². The van der Waals surface area contributed by atoms with E-state index in [4.69, 9.17) is 0 Å². The van der Waals surface area contributed by atoms with E-state index in [9.17, 15) is 0 Å². The van der Waals surface area contributed by atoms with Gasteiger partial charge in [-0.1, -0.05) is 6.07 Å². The summed E-state index contributed by atoms with van der Waals surface area (Å²) in [6.07, 6.45) is 13.5. The number of fused-ring (bicyclic) bond motifs is 2. The van der Waals surface area contributed by atoms with Gasteiger partial charge in [0.15, 0.2) is 0 Å². The van der Waals surface area contributed by atoms with Crippen LogP contribution in [0.5, 0.6) is 0 Å². The van der Waals surface area contributed by atoms with Crippen LogP contribution in [-0.4, -0.2) is 34.3 Å². The molecular weight excluding hydrogens is 386 g/mol. The molecule has 0 saturated heterocycles. The van der Waals surface area contributed by atoms with Crippen LogP contribution in [-0.2, 0) is 7.05 Å². The van der Waals surface area contributed by atoms with Gasteiger partial charge in [0.25, 0.3) is 0 Å². The van der Waals surface area contributed by atoms with E-state index in [0.29, 0.717) is 0 Å². The van der Waals surface area contributed by atoms with Crippen LogP contribution < -0.4 is 0 Å². The molecule has 0 saturated carbocycles. The Morgan fingerprint density at radius 1 is 0.871 bits per heavy atom. The Kier molecular flexibility index (Phi) is 3.76. The lowest BCUT2D eigenvalue weighted by molar-refractivity contribution is 0.768. The van der Waals surface area contributed by atoms with Crippen molar-refractivity contribution >= 4 is 16.6 Å². The van der Waals surface area contributed by atoms with E-state index < -0.39 is 0 Å². The Balaban J connectivity index is 1.52. The second-order valence-corrected chi connectivity index (χ2v) is 7.67. The minimum absolute atomic E-state index is 0.862. The van der Waals surface area contributed by atoms with Gasteiger partial charge in [-0.15, -0.1) is 0 Å². The normalized spacial score (nSPS) is 11.5. The van der Waals surface area contributed by atoms with Gasteiger partial charge < -0.3 is 4.98 Å². The largest absolute Gasteiger partial charge is 0.346 e. The summed E-state index contributed by atoms with van der Waals surface area (Å²) in [5.41, 5.74) is 9.34. The fourth-order valence-electron chi connectivity index (χ4n) is 4.11. The Hall–Kier alpha value is -4.26. The Bertz CT molecular complexity index is 1570. The first-order valence-electron chi connectivity index (χ1n) is 10.0. The molecule has 7 heteroatoms. The van der Waals surface area contributed by atoms with Crippen LogP contribution in [0.4, 0.5) is 0 Å². The molecule has 6 rings (SSSR count). The molecule has 6 aromatic rings. The number of nitrogens with one attached hydrogen (secondary N) is 1. The third kappa shape index (κ3) is 2.82. The van der Waals surface area contributed by atoms with Gasteiger partial charge in [0.05, 0.1) is 17.9 Å². The van der Waals surface area contributed by atoms with E-state index in [1.807, 2.05) is 67.9 Å². The maximum Gasteiger partial charge on any atom is 0.137 e. The number of hydrogen-bond acceptors (Lipinski definition) is 4. The summed E-state index contributed by atoms with van der Waals surface area (Å²) < 4.78 is 3.69. The van der Waals surface area contributed by atoms with E-state index >= 15 is 0 Å². The minimum atomic E-state index is 0.862. The quantitative estimate of drug-likeness (QED) is 0.465. The lowest BCUT2D eigenvalue weighted by Gasteiger charge is -2.06. The molecule has 0 aliphatic rings. The average molecular weight is 405 g/mol. The van der Waals surface area contributed by atoms with Gasteiger partial charge in [0.2, 0.25) is 0 Å². The number of aryl methyl sites for hydroxylation is 2. The number of hydrogen-bond donors (Lipinski definition) is 1. The summed E-state index contributed by atoms with van der Waals surface area (Å²) in [6, 6.07) is 10.5. The first-order valence-corrected chi connectivity index (χ1v) is 10.0. The highest BCUT2D eigenvalue weighted by Crippen LogP contribution is 2.33. The molecule has 0 aromatic carbocycles. The number of rotatable bonds is 3. The molecule has 7 nitrogen and oxygen atoms in total. The second-order valence-electron chi connectivity index (χ2n) is 7.67. The number of nitrogens with zero attached hydrogens (tertiary/aromatic N) is 6. The summed E-state index contributed by atoms with van der Waals surface area (Å²) in [5, 5.41) is 9.88. The third-order valence-corrected chi connectivity index (χ3v) is 5.70. The van der Waals surface area contributed by atoms with Gasteiger partial charge in [0.1, 0.15) is 5.65 Å². The van der Waals surface area contributed by atoms with Gasteiger partial charge in [-0.3, -0.25) is 9.67 Å². The Morgan fingerprint density at radius 3 is 2.65 bits per heavy atom. The smallest absolute Gasteiger partial charge is 0.137 e. The van der Waals surface area contributed by atoms with Crippen molar-refractivity contribution in [1.82, 2.24) is 34.3 Å². The zero-order chi connectivity index (χ0) is 20.9. The van der Waals surface area contributed by atoms with Crippen LogP contribution >= 0.6 is 0 Å². The summed E-state index contributed by atoms with van der Waals surface area (Å²) in [7, 11) is 1.92. The minimum Gasteiger partial charge on any atom is -0.346 e. The topological polar surface area (TPSA) is 76.7 Å². The lowest BCUT2D eigenvalue weighted by atomic mass is 10.0. The summed E-state index contributed by atoms with van der Waals surface area (Å²) >= 11 is 0. The van der Waals surface area contributed by atoms with Crippen LogP contribution in [0.1, 0.15) is 5.69 Å². The van der Waals surface area contributed by atoms with Crippen LogP contribution in [0.15, 0.2) is 73.7 Å². The van der Waals surface area contributed by atoms with Crippen molar-refractivity contribution in [3.8, 4) is 33.4 Å². The van der Waals surface area contributed by atoms with Gasteiger partial charge in [-0.05, 0) is 36.8 Å². The first kappa shape index (κ1) is 17.6. The molecule has 31 heavy (non-hydrogen) atoms. The molecule has 0 atom stereocenters. The summed E-state index contributed by atoms with van der Waals surface area (Å²) in [5.74, 6) is 0. The molecule has 0 spiro atoms. The van der Waals surface area contributed by atoms with Crippen molar-refractivity contribution in [3.63, 3.8) is 0 Å². The van der Waals surface area contributed by atoms with Gasteiger partial charge in [-0.25, -0.2) is 9.50 Å². The predicted molar refractivity (Wildman–Crippen MR) is 120 cm³/mol.